The van der Waals surface area contributed by atoms with E-state index in [1.165, 1.54) is 6.92 Å². The first kappa shape index (κ1) is 21.7. The van der Waals surface area contributed by atoms with Crippen molar-refractivity contribution in [3.63, 3.8) is 0 Å². The second kappa shape index (κ2) is 9.05. The smallest absolute Gasteiger partial charge is 0.315 e. The highest BCUT2D eigenvalue weighted by atomic mass is 32.2. The average Bonchev–Trinajstić information content (AvgIpc) is 2.92. The lowest BCUT2D eigenvalue weighted by atomic mass is 10.0. The Hall–Kier alpha value is -2.62. The van der Waals surface area contributed by atoms with E-state index in [2.05, 4.69) is 21.3 Å². The number of carbonyl (C=O) groups excluding carboxylic acids is 3. The SMILES string of the molecule is CC(=O)Nc1ccc(NC(=O)[C@@H](NC(=O)N[C@H]2CCS(=O)(=O)C2)C(C)C)cc1. The molecule has 10 heteroatoms. The molecule has 0 saturated carbocycles. The van der Waals surface area contributed by atoms with Gasteiger partial charge in [-0.3, -0.25) is 9.59 Å². The lowest BCUT2D eigenvalue weighted by Crippen LogP contribution is -2.52. The summed E-state index contributed by atoms with van der Waals surface area (Å²) >= 11 is 0. The lowest BCUT2D eigenvalue weighted by molar-refractivity contribution is -0.119. The predicted molar refractivity (Wildman–Crippen MR) is 107 cm³/mol. The minimum Gasteiger partial charge on any atom is -0.334 e. The minimum absolute atomic E-state index is 0.0561. The van der Waals surface area contributed by atoms with Crippen LogP contribution in [0.1, 0.15) is 27.2 Å². The third-order valence-corrected chi connectivity index (χ3v) is 6.04. The fourth-order valence-electron chi connectivity index (χ4n) is 2.87. The highest BCUT2D eigenvalue weighted by Crippen LogP contribution is 2.15. The standard InChI is InChI=1S/C18H26N4O5S/c1-11(2)16(22-18(25)21-15-8-9-28(26,27)10-15)17(24)20-14-6-4-13(5-7-14)19-12(3)23/h4-7,11,15-16H,8-10H2,1-3H3,(H,19,23)(H,20,24)(H2,21,22,25)/t15-,16-/m0/s1. The van der Waals surface area contributed by atoms with Crippen LogP contribution in [0.4, 0.5) is 16.2 Å². The second-order valence-electron chi connectivity index (χ2n) is 7.19. The van der Waals surface area contributed by atoms with E-state index in [0.29, 0.717) is 17.8 Å². The van der Waals surface area contributed by atoms with Crippen LogP contribution in [-0.4, -0.2) is 49.9 Å². The van der Waals surface area contributed by atoms with Gasteiger partial charge in [-0.05, 0) is 36.6 Å². The summed E-state index contributed by atoms with van der Waals surface area (Å²) in [6.45, 7) is 5.00. The number of amides is 4. The molecular formula is C18H26N4O5S. The van der Waals surface area contributed by atoms with Crippen LogP contribution in [0.5, 0.6) is 0 Å². The first-order valence-electron chi connectivity index (χ1n) is 9.01. The number of carbonyl (C=O) groups is 3. The van der Waals surface area contributed by atoms with Crippen molar-refractivity contribution in [1.82, 2.24) is 10.6 Å². The highest BCUT2D eigenvalue weighted by Gasteiger charge is 2.30. The van der Waals surface area contributed by atoms with Crippen molar-refractivity contribution in [2.24, 2.45) is 5.92 Å². The number of sulfone groups is 1. The molecule has 0 radical (unpaired) electrons. The largest absolute Gasteiger partial charge is 0.334 e. The molecule has 9 nitrogen and oxygen atoms in total. The Labute approximate surface area is 164 Å². The fourth-order valence-corrected chi connectivity index (χ4v) is 4.55. The van der Waals surface area contributed by atoms with Crippen molar-refractivity contribution in [2.45, 2.75) is 39.3 Å². The monoisotopic (exact) mass is 410 g/mol. The van der Waals surface area contributed by atoms with Crippen molar-refractivity contribution in [3.8, 4) is 0 Å². The Morgan fingerprint density at radius 1 is 1.04 bits per heavy atom. The number of hydrogen-bond acceptors (Lipinski definition) is 5. The van der Waals surface area contributed by atoms with Crippen LogP contribution in [-0.2, 0) is 19.4 Å². The zero-order valence-corrected chi connectivity index (χ0v) is 16.9. The van der Waals surface area contributed by atoms with Crippen molar-refractivity contribution >= 4 is 39.1 Å². The molecule has 0 spiro atoms. The summed E-state index contributed by atoms with van der Waals surface area (Å²) in [6.07, 6.45) is 0.370. The van der Waals surface area contributed by atoms with Crippen LogP contribution in [0.3, 0.4) is 0 Å². The van der Waals surface area contributed by atoms with E-state index < -0.39 is 33.9 Å². The molecular weight excluding hydrogens is 384 g/mol. The Morgan fingerprint density at radius 3 is 2.07 bits per heavy atom. The Morgan fingerprint density at radius 2 is 1.61 bits per heavy atom. The molecule has 0 bridgehead atoms. The predicted octanol–water partition coefficient (Wildman–Crippen LogP) is 1.09. The Bertz CT molecular complexity index is 836. The third kappa shape index (κ3) is 6.52. The molecule has 2 atom stereocenters. The molecule has 1 aliphatic heterocycles. The minimum atomic E-state index is -3.10. The van der Waals surface area contributed by atoms with Crippen molar-refractivity contribution in [1.29, 1.82) is 0 Å². The molecule has 4 amide bonds. The molecule has 1 saturated heterocycles. The van der Waals surface area contributed by atoms with Gasteiger partial charge in [0.15, 0.2) is 9.84 Å². The van der Waals surface area contributed by atoms with Crippen LogP contribution in [0.15, 0.2) is 24.3 Å². The topological polar surface area (TPSA) is 133 Å². The molecule has 1 aromatic rings. The van der Waals surface area contributed by atoms with E-state index in [0.717, 1.165) is 0 Å². The van der Waals surface area contributed by atoms with Gasteiger partial charge < -0.3 is 21.3 Å². The molecule has 0 aromatic heterocycles. The van der Waals surface area contributed by atoms with Gasteiger partial charge in [-0.2, -0.15) is 0 Å². The van der Waals surface area contributed by atoms with E-state index in [-0.39, 0.29) is 23.3 Å². The van der Waals surface area contributed by atoms with Gasteiger partial charge in [0.1, 0.15) is 6.04 Å². The van der Waals surface area contributed by atoms with Crippen LogP contribution in [0.2, 0.25) is 0 Å². The van der Waals surface area contributed by atoms with Crippen LogP contribution >= 0.6 is 0 Å². The van der Waals surface area contributed by atoms with Crippen molar-refractivity contribution < 1.29 is 22.8 Å². The molecule has 1 aromatic carbocycles. The van der Waals surface area contributed by atoms with E-state index in [1.807, 2.05) is 0 Å². The van der Waals surface area contributed by atoms with Crippen LogP contribution in [0.25, 0.3) is 0 Å². The molecule has 0 aliphatic carbocycles. The van der Waals surface area contributed by atoms with E-state index >= 15 is 0 Å². The Balaban J connectivity index is 1.94. The molecule has 28 heavy (non-hydrogen) atoms. The van der Waals surface area contributed by atoms with Crippen molar-refractivity contribution in [3.05, 3.63) is 24.3 Å². The van der Waals surface area contributed by atoms with Gasteiger partial charge in [-0.25, -0.2) is 13.2 Å². The summed E-state index contributed by atoms with van der Waals surface area (Å²) in [7, 11) is -3.10. The van der Waals surface area contributed by atoms with Gasteiger partial charge in [0.2, 0.25) is 11.8 Å². The number of nitrogens with one attached hydrogen (secondary N) is 4. The number of rotatable bonds is 6. The van der Waals surface area contributed by atoms with Gasteiger partial charge >= 0.3 is 6.03 Å². The maximum absolute atomic E-state index is 12.6. The first-order chi connectivity index (χ1) is 13.1. The van der Waals surface area contributed by atoms with Gasteiger partial charge in [0.05, 0.1) is 11.5 Å². The normalized spacial score (nSPS) is 18.9. The van der Waals surface area contributed by atoms with E-state index in [1.54, 1.807) is 38.1 Å². The molecule has 1 heterocycles. The van der Waals surface area contributed by atoms with Crippen LogP contribution in [0, 0.1) is 5.92 Å². The number of hydrogen-bond donors (Lipinski definition) is 4. The summed E-state index contributed by atoms with van der Waals surface area (Å²) in [5.74, 6) is -0.796. The molecule has 4 N–H and O–H groups in total. The van der Waals surface area contributed by atoms with Gasteiger partial charge in [-0.1, -0.05) is 13.8 Å². The van der Waals surface area contributed by atoms with Crippen molar-refractivity contribution in [2.75, 3.05) is 22.1 Å². The first-order valence-corrected chi connectivity index (χ1v) is 10.8. The van der Waals surface area contributed by atoms with E-state index in [4.69, 9.17) is 0 Å². The average molecular weight is 410 g/mol. The summed E-state index contributed by atoms with van der Waals surface area (Å²) in [6, 6.07) is 4.78. The zero-order chi connectivity index (χ0) is 20.9. The number of benzene rings is 1. The maximum Gasteiger partial charge on any atom is 0.315 e. The molecule has 154 valence electrons. The summed E-state index contributed by atoms with van der Waals surface area (Å²) < 4.78 is 23.0. The molecule has 2 rings (SSSR count). The fraction of sp³-hybridized carbons (Fsp3) is 0.500. The maximum atomic E-state index is 12.6. The summed E-state index contributed by atoms with van der Waals surface area (Å²) in [4.78, 5) is 35.8. The van der Waals surface area contributed by atoms with Crippen LogP contribution < -0.4 is 21.3 Å². The van der Waals surface area contributed by atoms with Gasteiger partial charge in [-0.15, -0.1) is 0 Å². The molecule has 0 unspecified atom stereocenters. The van der Waals surface area contributed by atoms with E-state index in [9.17, 15) is 22.8 Å². The third-order valence-electron chi connectivity index (χ3n) is 4.28. The quantitative estimate of drug-likeness (QED) is 0.557. The number of urea groups is 1. The molecule has 1 aliphatic rings. The van der Waals surface area contributed by atoms with Gasteiger partial charge in [0, 0.05) is 24.3 Å². The second-order valence-corrected chi connectivity index (χ2v) is 9.42. The summed E-state index contributed by atoms with van der Waals surface area (Å²) in [5, 5.41) is 10.6. The zero-order valence-electron chi connectivity index (χ0n) is 16.1. The molecule has 1 fully saturated rings. The summed E-state index contributed by atoms with van der Waals surface area (Å²) in [5.41, 5.74) is 1.13. The Kier molecular flexibility index (Phi) is 7.00. The van der Waals surface area contributed by atoms with Gasteiger partial charge in [0.25, 0.3) is 0 Å². The number of anilines is 2. The highest BCUT2D eigenvalue weighted by molar-refractivity contribution is 7.91. The lowest BCUT2D eigenvalue weighted by Gasteiger charge is -2.23.